The Labute approximate surface area is 114 Å². The third-order valence-corrected chi connectivity index (χ3v) is 4.44. The maximum Gasteiger partial charge on any atom is 0.283 e. The molecular weight excluding hydrogens is 300 g/mol. The first-order chi connectivity index (χ1) is 8.44. The van der Waals surface area contributed by atoms with Crippen molar-refractivity contribution in [2.24, 2.45) is 5.73 Å². The van der Waals surface area contributed by atoms with Gasteiger partial charge in [-0.05, 0) is 41.3 Å². The van der Waals surface area contributed by atoms with Gasteiger partial charge in [0, 0.05) is 18.2 Å². The van der Waals surface area contributed by atoms with Crippen molar-refractivity contribution in [3.05, 3.63) is 38.3 Å². The lowest BCUT2D eigenvalue weighted by molar-refractivity contribution is -0.385. The van der Waals surface area contributed by atoms with Crippen LogP contribution in [0.15, 0.2) is 22.7 Å². The van der Waals surface area contributed by atoms with Crippen LogP contribution in [0.1, 0.15) is 18.9 Å². The monoisotopic (exact) mass is 314 g/mol. The number of nitrogens with two attached hydrogens (primary N) is 1. The average Bonchev–Trinajstić information content (AvgIpc) is 2.62. The molecule has 2 N–H and O–H groups in total. The van der Waals surface area contributed by atoms with E-state index in [1.54, 1.807) is 6.07 Å². The summed E-state index contributed by atoms with van der Waals surface area (Å²) in [5, 5.41) is 10.9. The van der Waals surface area contributed by atoms with Gasteiger partial charge in [-0.25, -0.2) is 0 Å². The number of rotatable bonds is 3. The van der Waals surface area contributed by atoms with Crippen molar-refractivity contribution in [3.63, 3.8) is 0 Å². The molecule has 18 heavy (non-hydrogen) atoms. The minimum Gasteiger partial charge on any atom is -0.377 e. The van der Waals surface area contributed by atoms with E-state index in [4.69, 9.17) is 10.5 Å². The molecule has 1 heterocycles. The lowest BCUT2D eigenvalue weighted by Crippen LogP contribution is -2.48. The molecule has 98 valence electrons. The smallest absolute Gasteiger partial charge is 0.283 e. The van der Waals surface area contributed by atoms with Gasteiger partial charge in [-0.3, -0.25) is 10.1 Å². The SMILES string of the molecule is CC1OCCC1(N)Cc1cccc([N+](=O)[O-])c1Br. The lowest BCUT2D eigenvalue weighted by atomic mass is 9.86. The van der Waals surface area contributed by atoms with Crippen LogP contribution in [-0.4, -0.2) is 23.2 Å². The Balaban J connectivity index is 2.30. The molecule has 1 aliphatic rings. The predicted octanol–water partition coefficient (Wildman–Crippen LogP) is 2.41. The minimum absolute atomic E-state index is 0.0383. The molecule has 1 saturated heterocycles. The summed E-state index contributed by atoms with van der Waals surface area (Å²) in [6, 6.07) is 5.02. The normalized spacial score (nSPS) is 27.4. The van der Waals surface area contributed by atoms with Crippen molar-refractivity contribution < 1.29 is 9.66 Å². The van der Waals surface area contributed by atoms with Crippen LogP contribution in [0.2, 0.25) is 0 Å². The quantitative estimate of drug-likeness (QED) is 0.686. The van der Waals surface area contributed by atoms with Crippen molar-refractivity contribution >= 4 is 21.6 Å². The van der Waals surface area contributed by atoms with Crippen LogP contribution >= 0.6 is 15.9 Å². The number of benzene rings is 1. The van der Waals surface area contributed by atoms with Gasteiger partial charge in [0.1, 0.15) is 0 Å². The first-order valence-electron chi connectivity index (χ1n) is 5.76. The van der Waals surface area contributed by atoms with Gasteiger partial charge >= 0.3 is 0 Å². The molecule has 2 rings (SSSR count). The Morgan fingerprint density at radius 1 is 1.67 bits per heavy atom. The minimum atomic E-state index is -0.447. The summed E-state index contributed by atoms with van der Waals surface area (Å²) in [6.07, 6.45) is 1.29. The maximum absolute atomic E-state index is 10.9. The second kappa shape index (κ2) is 4.95. The first-order valence-corrected chi connectivity index (χ1v) is 6.55. The molecule has 0 aliphatic carbocycles. The zero-order valence-corrected chi connectivity index (χ0v) is 11.6. The number of nitro benzene ring substituents is 1. The van der Waals surface area contributed by atoms with Crippen molar-refractivity contribution in [3.8, 4) is 0 Å². The average molecular weight is 315 g/mol. The van der Waals surface area contributed by atoms with Crippen molar-refractivity contribution in [2.45, 2.75) is 31.4 Å². The number of halogens is 1. The molecule has 0 amide bonds. The summed E-state index contributed by atoms with van der Waals surface area (Å²) in [5.41, 5.74) is 6.79. The second-order valence-corrected chi connectivity index (χ2v) is 5.47. The third-order valence-electron chi connectivity index (χ3n) is 3.52. The zero-order chi connectivity index (χ0) is 13.3. The maximum atomic E-state index is 10.9. The largest absolute Gasteiger partial charge is 0.377 e. The Morgan fingerprint density at radius 3 is 2.94 bits per heavy atom. The van der Waals surface area contributed by atoms with E-state index in [1.165, 1.54) is 6.07 Å². The molecule has 0 saturated carbocycles. The van der Waals surface area contributed by atoms with Crippen LogP contribution in [0.25, 0.3) is 0 Å². The van der Waals surface area contributed by atoms with Gasteiger partial charge in [-0.2, -0.15) is 0 Å². The molecule has 1 aliphatic heterocycles. The molecular formula is C12H15BrN2O3. The van der Waals surface area contributed by atoms with Crippen LogP contribution in [0.4, 0.5) is 5.69 Å². The van der Waals surface area contributed by atoms with Gasteiger partial charge in [0.25, 0.3) is 5.69 Å². The Bertz CT molecular complexity index is 480. The van der Waals surface area contributed by atoms with Crippen molar-refractivity contribution in [1.82, 2.24) is 0 Å². The number of nitrogens with zero attached hydrogens (tertiary/aromatic N) is 1. The summed E-state index contributed by atoms with van der Waals surface area (Å²) in [4.78, 5) is 10.5. The highest BCUT2D eigenvalue weighted by Crippen LogP contribution is 2.33. The Morgan fingerprint density at radius 2 is 2.39 bits per heavy atom. The fourth-order valence-electron chi connectivity index (χ4n) is 2.23. The van der Waals surface area contributed by atoms with E-state index in [0.29, 0.717) is 17.5 Å². The second-order valence-electron chi connectivity index (χ2n) is 4.68. The van der Waals surface area contributed by atoms with E-state index in [1.807, 2.05) is 13.0 Å². The van der Waals surface area contributed by atoms with Crippen molar-refractivity contribution in [1.29, 1.82) is 0 Å². The molecule has 0 radical (unpaired) electrons. The topological polar surface area (TPSA) is 78.4 Å². The van der Waals surface area contributed by atoms with Gasteiger partial charge in [0.2, 0.25) is 0 Å². The Kier molecular flexibility index (Phi) is 3.70. The summed E-state index contributed by atoms with van der Waals surface area (Å²) >= 11 is 3.30. The molecule has 2 unspecified atom stereocenters. The molecule has 1 aromatic carbocycles. The van der Waals surface area contributed by atoms with Gasteiger partial charge in [-0.1, -0.05) is 12.1 Å². The number of hydrogen-bond donors (Lipinski definition) is 1. The number of hydrogen-bond acceptors (Lipinski definition) is 4. The predicted molar refractivity (Wildman–Crippen MR) is 71.4 cm³/mol. The van der Waals surface area contributed by atoms with Gasteiger partial charge in [-0.15, -0.1) is 0 Å². The zero-order valence-electron chi connectivity index (χ0n) is 10.1. The molecule has 2 atom stereocenters. The molecule has 0 bridgehead atoms. The number of ether oxygens (including phenoxy) is 1. The summed E-state index contributed by atoms with van der Waals surface area (Å²) in [5.74, 6) is 0. The highest BCUT2D eigenvalue weighted by atomic mass is 79.9. The van der Waals surface area contributed by atoms with Crippen LogP contribution in [0.3, 0.4) is 0 Å². The first kappa shape index (κ1) is 13.5. The van der Waals surface area contributed by atoms with Crippen LogP contribution in [0.5, 0.6) is 0 Å². The summed E-state index contributed by atoms with van der Waals surface area (Å²) in [6.45, 7) is 2.59. The fraction of sp³-hybridized carbons (Fsp3) is 0.500. The Hall–Kier alpha value is -0.980. The van der Waals surface area contributed by atoms with Crippen LogP contribution < -0.4 is 5.73 Å². The van der Waals surface area contributed by atoms with E-state index in [9.17, 15) is 10.1 Å². The fourth-order valence-corrected chi connectivity index (χ4v) is 2.77. The van der Waals surface area contributed by atoms with E-state index >= 15 is 0 Å². The standard InChI is InChI=1S/C12H15BrN2O3/c1-8-12(14,5-6-18-8)7-9-3-2-4-10(11(9)13)15(16)17/h2-4,8H,5-7,14H2,1H3. The van der Waals surface area contributed by atoms with Gasteiger partial charge in [0.15, 0.2) is 0 Å². The van der Waals surface area contributed by atoms with Crippen molar-refractivity contribution in [2.75, 3.05) is 6.61 Å². The third kappa shape index (κ3) is 2.41. The van der Waals surface area contributed by atoms with Crippen LogP contribution in [0, 0.1) is 10.1 Å². The number of nitro groups is 1. The molecule has 1 aromatic rings. The summed E-state index contributed by atoms with van der Waals surface area (Å²) in [7, 11) is 0. The molecule has 1 fully saturated rings. The van der Waals surface area contributed by atoms with E-state index in [2.05, 4.69) is 15.9 Å². The highest BCUT2D eigenvalue weighted by molar-refractivity contribution is 9.10. The molecule has 0 aromatic heterocycles. The lowest BCUT2D eigenvalue weighted by Gasteiger charge is -2.27. The highest BCUT2D eigenvalue weighted by Gasteiger charge is 2.38. The van der Waals surface area contributed by atoms with Gasteiger partial charge in [0.05, 0.1) is 15.5 Å². The van der Waals surface area contributed by atoms with Gasteiger partial charge < -0.3 is 10.5 Å². The van der Waals surface area contributed by atoms with E-state index in [-0.39, 0.29) is 11.8 Å². The molecule has 0 spiro atoms. The van der Waals surface area contributed by atoms with E-state index < -0.39 is 10.5 Å². The molecule has 6 heteroatoms. The summed E-state index contributed by atoms with van der Waals surface area (Å²) < 4.78 is 6.00. The van der Waals surface area contributed by atoms with E-state index in [0.717, 1.165) is 12.0 Å². The molecule has 5 nitrogen and oxygen atoms in total. The van der Waals surface area contributed by atoms with Crippen LogP contribution in [-0.2, 0) is 11.2 Å².